The molecule has 3 rings (SSSR count). The van der Waals surface area contributed by atoms with Crippen LogP contribution in [0.25, 0.3) is 0 Å². The van der Waals surface area contributed by atoms with Gasteiger partial charge in [-0.3, -0.25) is 0 Å². The molecule has 1 heterocycles. The van der Waals surface area contributed by atoms with Crippen LogP contribution in [0.15, 0.2) is 60.7 Å². The van der Waals surface area contributed by atoms with Crippen molar-refractivity contribution in [2.45, 2.75) is 64.5 Å². The maximum atomic E-state index is 6.05. The fourth-order valence-corrected chi connectivity index (χ4v) is 8.79. The number of hydrogen-bond acceptors (Lipinski definition) is 3. The summed E-state index contributed by atoms with van der Waals surface area (Å²) in [6.45, 7) is 14.6. The topological polar surface area (TPSA) is 18.5 Å². The van der Waals surface area contributed by atoms with Crippen LogP contribution >= 0.6 is 11.3 Å². The fraction of sp³-hybridized carbons (Fsp3) is 0.429. The molecule has 0 aliphatic carbocycles. The standard InChI is InChI=1S/C28H36O2SSe/c1-7-29-20(4)24-15-12-16-25(21(5)30-8-2)28(24)32-22(6)27(23-13-10-9-11-14-23)26-18-17-19(3)31-26/h9-18,20-22,27H,7-8H2,1-6H3/t20-,21-,22-,27-/m1/s1. The monoisotopic (exact) mass is 516 g/mol. The summed E-state index contributed by atoms with van der Waals surface area (Å²) >= 11 is 2.18. The summed E-state index contributed by atoms with van der Waals surface area (Å²) in [5.74, 6) is 0.389. The molecule has 172 valence electrons. The van der Waals surface area contributed by atoms with Gasteiger partial charge in [0.25, 0.3) is 0 Å². The van der Waals surface area contributed by atoms with Crippen molar-refractivity contribution in [3.63, 3.8) is 0 Å². The van der Waals surface area contributed by atoms with E-state index < -0.39 is 0 Å². The Balaban J connectivity index is 2.03. The van der Waals surface area contributed by atoms with Gasteiger partial charge < -0.3 is 0 Å². The minimum atomic E-state index is 0.0806. The van der Waals surface area contributed by atoms with Crippen LogP contribution in [0.1, 0.15) is 79.2 Å². The van der Waals surface area contributed by atoms with Crippen LogP contribution in [-0.2, 0) is 9.47 Å². The van der Waals surface area contributed by atoms with Crippen molar-refractivity contribution in [3.8, 4) is 0 Å². The summed E-state index contributed by atoms with van der Waals surface area (Å²) in [5.41, 5.74) is 4.03. The molecule has 2 nitrogen and oxygen atoms in total. The fourth-order valence-electron chi connectivity index (χ4n) is 4.23. The molecule has 1 aromatic heterocycles. The van der Waals surface area contributed by atoms with Gasteiger partial charge in [-0.1, -0.05) is 0 Å². The Morgan fingerprint density at radius 3 is 1.88 bits per heavy atom. The Bertz CT molecular complexity index is 938. The van der Waals surface area contributed by atoms with Gasteiger partial charge in [0.15, 0.2) is 0 Å². The Hall–Kier alpha value is -1.42. The predicted octanol–water partition coefficient (Wildman–Crippen LogP) is 7.22. The Morgan fingerprint density at radius 2 is 1.38 bits per heavy atom. The predicted molar refractivity (Wildman–Crippen MR) is 139 cm³/mol. The second kappa shape index (κ2) is 12.2. The van der Waals surface area contributed by atoms with E-state index in [2.05, 4.69) is 102 Å². The van der Waals surface area contributed by atoms with E-state index in [-0.39, 0.29) is 27.2 Å². The van der Waals surface area contributed by atoms with E-state index in [1.807, 2.05) is 11.3 Å². The van der Waals surface area contributed by atoms with E-state index in [0.717, 1.165) is 13.2 Å². The normalized spacial score (nSPS) is 15.3. The van der Waals surface area contributed by atoms with Gasteiger partial charge in [-0.25, -0.2) is 0 Å². The quantitative estimate of drug-likeness (QED) is 0.251. The van der Waals surface area contributed by atoms with Gasteiger partial charge in [-0.15, -0.1) is 0 Å². The van der Waals surface area contributed by atoms with Crippen LogP contribution in [0.3, 0.4) is 0 Å². The number of rotatable bonds is 11. The van der Waals surface area contributed by atoms with E-state index in [1.54, 1.807) is 0 Å². The van der Waals surface area contributed by atoms with Gasteiger partial charge in [0.05, 0.1) is 0 Å². The molecule has 0 bridgehead atoms. The molecule has 0 aliphatic heterocycles. The Labute approximate surface area is 204 Å². The van der Waals surface area contributed by atoms with E-state index in [1.165, 1.54) is 30.9 Å². The molecule has 0 spiro atoms. The van der Waals surface area contributed by atoms with Crippen LogP contribution in [-0.4, -0.2) is 28.2 Å². The van der Waals surface area contributed by atoms with Crippen molar-refractivity contribution >= 4 is 30.8 Å². The van der Waals surface area contributed by atoms with E-state index >= 15 is 0 Å². The van der Waals surface area contributed by atoms with Crippen molar-refractivity contribution in [1.29, 1.82) is 0 Å². The first kappa shape index (κ1) is 25.2. The number of hydrogen-bond donors (Lipinski definition) is 0. The molecule has 0 saturated carbocycles. The Morgan fingerprint density at radius 1 is 0.781 bits per heavy atom. The molecular weight excluding hydrogens is 479 g/mol. The summed E-state index contributed by atoms with van der Waals surface area (Å²) < 4.78 is 13.5. The van der Waals surface area contributed by atoms with Crippen molar-refractivity contribution in [3.05, 3.63) is 87.1 Å². The summed E-state index contributed by atoms with van der Waals surface area (Å²) in [6, 6.07) is 22.2. The first-order chi connectivity index (χ1) is 15.5. The molecule has 4 heteroatoms. The molecule has 0 N–H and O–H groups in total. The molecule has 0 amide bonds. The summed E-state index contributed by atoms with van der Waals surface area (Å²) in [4.78, 5) is 3.32. The zero-order valence-electron chi connectivity index (χ0n) is 20.1. The van der Waals surface area contributed by atoms with E-state index in [4.69, 9.17) is 9.47 Å². The first-order valence-electron chi connectivity index (χ1n) is 11.6. The molecule has 0 unspecified atom stereocenters. The molecule has 32 heavy (non-hydrogen) atoms. The van der Waals surface area contributed by atoms with Gasteiger partial charge >= 0.3 is 205 Å². The maximum absolute atomic E-state index is 6.05. The van der Waals surface area contributed by atoms with Gasteiger partial charge in [0.2, 0.25) is 0 Å². The summed E-state index contributed by atoms with van der Waals surface area (Å²) in [7, 11) is 0. The van der Waals surface area contributed by atoms with E-state index in [9.17, 15) is 0 Å². The zero-order valence-corrected chi connectivity index (χ0v) is 22.7. The van der Waals surface area contributed by atoms with Gasteiger partial charge in [-0.05, 0) is 0 Å². The minimum absolute atomic E-state index is 0.0806. The first-order valence-corrected chi connectivity index (χ1v) is 14.3. The third-order valence-corrected chi connectivity index (χ3v) is 9.70. The molecule has 4 atom stereocenters. The van der Waals surface area contributed by atoms with Crippen LogP contribution in [0.5, 0.6) is 0 Å². The molecule has 3 aromatic rings. The molecule has 0 saturated heterocycles. The number of benzene rings is 2. The number of thiophene rings is 1. The summed E-state index contributed by atoms with van der Waals surface area (Å²) in [6.07, 6.45) is 0.161. The van der Waals surface area contributed by atoms with Crippen LogP contribution < -0.4 is 4.46 Å². The number of aryl methyl sites for hydroxylation is 1. The second-order valence-electron chi connectivity index (χ2n) is 8.12. The second-order valence-corrected chi connectivity index (χ2v) is 12.4. The molecule has 0 radical (unpaired) electrons. The van der Waals surface area contributed by atoms with Gasteiger partial charge in [0.1, 0.15) is 0 Å². The van der Waals surface area contributed by atoms with Gasteiger partial charge in [0, 0.05) is 0 Å². The SMILES string of the molecule is CCO[C@H](C)c1cccc([C@@H](C)OCC)c1[Se][C@H](C)[C@H](c1ccccc1)c1ccc(C)s1. The zero-order chi connectivity index (χ0) is 23.1. The van der Waals surface area contributed by atoms with Crippen molar-refractivity contribution in [2.24, 2.45) is 0 Å². The number of ether oxygens (including phenoxy) is 2. The molecular formula is C28H36O2SSe. The molecule has 0 fully saturated rings. The Kier molecular flexibility index (Phi) is 9.58. The third kappa shape index (κ3) is 6.12. The van der Waals surface area contributed by atoms with Crippen LogP contribution in [0.2, 0.25) is 4.82 Å². The average Bonchev–Trinajstić information content (AvgIpc) is 3.20. The van der Waals surface area contributed by atoms with Crippen molar-refractivity contribution < 1.29 is 9.47 Å². The van der Waals surface area contributed by atoms with Crippen LogP contribution in [0, 0.1) is 6.92 Å². The molecule has 0 aliphatic rings. The van der Waals surface area contributed by atoms with E-state index in [0.29, 0.717) is 10.7 Å². The van der Waals surface area contributed by atoms with Crippen LogP contribution in [0.4, 0.5) is 0 Å². The van der Waals surface area contributed by atoms with Crippen molar-refractivity contribution in [2.75, 3.05) is 13.2 Å². The van der Waals surface area contributed by atoms with Gasteiger partial charge in [-0.2, -0.15) is 0 Å². The average molecular weight is 516 g/mol. The van der Waals surface area contributed by atoms with Crippen molar-refractivity contribution in [1.82, 2.24) is 0 Å². The third-order valence-electron chi connectivity index (χ3n) is 5.78. The summed E-state index contributed by atoms with van der Waals surface area (Å²) in [5, 5.41) is 0. The molecule has 2 aromatic carbocycles.